The first-order valence-electron chi connectivity index (χ1n) is 12.5. The number of fused-ring (bicyclic) bond motifs is 6. The van der Waals surface area contributed by atoms with Crippen LogP contribution >= 0.6 is 11.6 Å². The molecule has 0 N–H and O–H groups in total. The highest BCUT2D eigenvalue weighted by Crippen LogP contribution is 2.35. The van der Waals surface area contributed by atoms with Crippen molar-refractivity contribution in [1.29, 1.82) is 0 Å². The highest BCUT2D eigenvalue weighted by atomic mass is 35.5. The fourth-order valence-electron chi connectivity index (χ4n) is 5.20. The van der Waals surface area contributed by atoms with Crippen LogP contribution in [0, 0.1) is 0 Å². The Hall–Kier alpha value is -5.00. The van der Waals surface area contributed by atoms with Gasteiger partial charge in [-0.3, -0.25) is 0 Å². The lowest BCUT2D eigenvalue weighted by atomic mass is 10.0. The van der Waals surface area contributed by atoms with E-state index in [1.165, 1.54) is 0 Å². The predicted molar refractivity (Wildman–Crippen MR) is 156 cm³/mol. The predicted octanol–water partition coefficient (Wildman–Crippen LogP) is 9.32. The summed E-state index contributed by atoms with van der Waals surface area (Å²) in [6.45, 7) is 0. The van der Waals surface area contributed by atoms with Gasteiger partial charge in [-0.05, 0) is 65.2 Å². The molecule has 0 bridgehead atoms. The molecule has 0 aliphatic rings. The van der Waals surface area contributed by atoms with Gasteiger partial charge in [0, 0.05) is 32.7 Å². The monoisotopic (exact) mass is 523 g/mol. The zero-order valence-corrected chi connectivity index (χ0v) is 21.2. The SMILES string of the molecule is Clc1nc(-c2ccc3c(c2)oc2ccccc23)nc(-c2ccc3c(c2)oc2cc(-c4ccccc4)ccc23)n1. The summed E-state index contributed by atoms with van der Waals surface area (Å²) in [4.78, 5) is 13.6. The molecule has 184 valence electrons. The molecule has 0 saturated heterocycles. The van der Waals surface area contributed by atoms with Gasteiger partial charge in [-0.1, -0.05) is 66.7 Å². The second-order valence-corrected chi connectivity index (χ2v) is 9.79. The van der Waals surface area contributed by atoms with Gasteiger partial charge < -0.3 is 8.83 Å². The van der Waals surface area contributed by atoms with Gasteiger partial charge in [0.25, 0.3) is 0 Å². The normalized spacial score (nSPS) is 11.7. The fraction of sp³-hybridized carbons (Fsp3) is 0. The van der Waals surface area contributed by atoms with E-state index in [1.54, 1.807) is 0 Å². The van der Waals surface area contributed by atoms with Crippen molar-refractivity contribution in [3.8, 4) is 33.9 Å². The molecule has 8 rings (SSSR count). The molecule has 0 saturated carbocycles. The van der Waals surface area contributed by atoms with Crippen LogP contribution in [0.15, 0.2) is 118 Å². The van der Waals surface area contributed by atoms with Gasteiger partial charge in [-0.25, -0.2) is 4.98 Å². The standard InChI is InChI=1S/C33H18ClN3O2/c34-33-36-31(21-11-14-24-23-8-4-5-9-27(23)38-29(24)17-21)35-32(37-33)22-12-15-26-25-13-10-20(19-6-2-1-3-7-19)16-28(25)39-30(26)18-22/h1-18H. The Morgan fingerprint density at radius 2 is 0.897 bits per heavy atom. The zero-order chi connectivity index (χ0) is 25.9. The van der Waals surface area contributed by atoms with E-state index >= 15 is 0 Å². The third kappa shape index (κ3) is 3.67. The molecule has 0 aliphatic heterocycles. The second kappa shape index (κ2) is 8.51. The van der Waals surface area contributed by atoms with Crippen molar-refractivity contribution in [3.63, 3.8) is 0 Å². The Balaban J connectivity index is 1.21. The van der Waals surface area contributed by atoms with E-state index < -0.39 is 0 Å². The zero-order valence-electron chi connectivity index (χ0n) is 20.4. The number of nitrogens with zero attached hydrogens (tertiary/aromatic N) is 3. The topological polar surface area (TPSA) is 65.0 Å². The van der Waals surface area contributed by atoms with Gasteiger partial charge in [0.15, 0.2) is 11.6 Å². The Morgan fingerprint density at radius 1 is 0.410 bits per heavy atom. The lowest BCUT2D eigenvalue weighted by molar-refractivity contribution is 0.669. The first kappa shape index (κ1) is 22.0. The molecular weight excluding hydrogens is 506 g/mol. The maximum Gasteiger partial charge on any atom is 0.226 e. The van der Waals surface area contributed by atoms with Crippen LogP contribution in [0.25, 0.3) is 77.8 Å². The quantitative estimate of drug-likeness (QED) is 0.231. The molecule has 5 nitrogen and oxygen atoms in total. The van der Waals surface area contributed by atoms with Crippen LogP contribution in [-0.2, 0) is 0 Å². The molecule has 5 aromatic carbocycles. The van der Waals surface area contributed by atoms with Crippen molar-refractivity contribution in [1.82, 2.24) is 15.0 Å². The van der Waals surface area contributed by atoms with Crippen LogP contribution < -0.4 is 0 Å². The highest BCUT2D eigenvalue weighted by Gasteiger charge is 2.15. The van der Waals surface area contributed by atoms with Crippen molar-refractivity contribution in [3.05, 3.63) is 114 Å². The molecule has 6 heteroatoms. The number of hydrogen-bond acceptors (Lipinski definition) is 5. The van der Waals surface area contributed by atoms with Crippen LogP contribution in [0.4, 0.5) is 0 Å². The molecule has 0 radical (unpaired) electrons. The molecular formula is C33H18ClN3O2. The summed E-state index contributed by atoms with van der Waals surface area (Å²) >= 11 is 6.38. The number of aromatic nitrogens is 3. The largest absolute Gasteiger partial charge is 0.456 e. The van der Waals surface area contributed by atoms with Crippen molar-refractivity contribution in [2.75, 3.05) is 0 Å². The molecule has 0 unspecified atom stereocenters. The Morgan fingerprint density at radius 3 is 1.54 bits per heavy atom. The number of halogens is 1. The average Bonchev–Trinajstić information content (AvgIpc) is 3.54. The van der Waals surface area contributed by atoms with E-state index in [2.05, 4.69) is 46.4 Å². The number of para-hydroxylation sites is 1. The minimum atomic E-state index is 0.122. The van der Waals surface area contributed by atoms with Gasteiger partial charge in [-0.15, -0.1) is 0 Å². The number of furan rings is 2. The van der Waals surface area contributed by atoms with Gasteiger partial charge in [0.1, 0.15) is 22.3 Å². The van der Waals surface area contributed by atoms with Crippen LogP contribution in [-0.4, -0.2) is 15.0 Å². The molecule has 0 aliphatic carbocycles. The fourth-order valence-corrected chi connectivity index (χ4v) is 5.36. The molecule has 39 heavy (non-hydrogen) atoms. The molecule has 3 aromatic heterocycles. The molecule has 0 spiro atoms. The molecule has 0 fully saturated rings. The maximum absolute atomic E-state index is 6.38. The summed E-state index contributed by atoms with van der Waals surface area (Å²) in [6, 6.07) is 36.5. The first-order valence-corrected chi connectivity index (χ1v) is 12.9. The summed E-state index contributed by atoms with van der Waals surface area (Å²) in [5, 5.41) is 4.33. The summed E-state index contributed by atoms with van der Waals surface area (Å²) in [6.07, 6.45) is 0. The Kier molecular flexibility index (Phi) is 4.81. The van der Waals surface area contributed by atoms with E-state index in [4.69, 9.17) is 25.4 Å². The van der Waals surface area contributed by atoms with Gasteiger partial charge in [-0.2, -0.15) is 9.97 Å². The highest BCUT2D eigenvalue weighted by molar-refractivity contribution is 6.28. The third-order valence-corrected chi connectivity index (χ3v) is 7.25. The van der Waals surface area contributed by atoms with Crippen LogP contribution in [0.2, 0.25) is 5.28 Å². The molecule has 8 aromatic rings. The summed E-state index contributed by atoms with van der Waals surface area (Å²) in [5.41, 5.74) is 7.04. The lowest BCUT2D eigenvalue weighted by Gasteiger charge is -2.05. The van der Waals surface area contributed by atoms with E-state index in [0.29, 0.717) is 11.6 Å². The summed E-state index contributed by atoms with van der Waals surface area (Å²) in [7, 11) is 0. The van der Waals surface area contributed by atoms with Crippen molar-refractivity contribution < 1.29 is 8.83 Å². The second-order valence-electron chi connectivity index (χ2n) is 9.45. The van der Waals surface area contributed by atoms with Gasteiger partial charge in [0.05, 0.1) is 0 Å². The van der Waals surface area contributed by atoms with E-state index in [1.807, 2.05) is 72.8 Å². The first-order chi connectivity index (χ1) is 19.2. The van der Waals surface area contributed by atoms with Gasteiger partial charge in [0.2, 0.25) is 5.28 Å². The summed E-state index contributed by atoms with van der Waals surface area (Å²) in [5.74, 6) is 0.951. The van der Waals surface area contributed by atoms with E-state index in [0.717, 1.165) is 66.1 Å². The molecule has 0 amide bonds. The number of hydrogen-bond donors (Lipinski definition) is 0. The average molecular weight is 524 g/mol. The molecule has 0 atom stereocenters. The van der Waals surface area contributed by atoms with Crippen molar-refractivity contribution in [2.24, 2.45) is 0 Å². The maximum atomic E-state index is 6.38. The lowest BCUT2D eigenvalue weighted by Crippen LogP contribution is -1.97. The number of benzene rings is 5. The minimum absolute atomic E-state index is 0.122. The van der Waals surface area contributed by atoms with Crippen LogP contribution in [0.3, 0.4) is 0 Å². The third-order valence-electron chi connectivity index (χ3n) is 7.08. The van der Waals surface area contributed by atoms with Crippen molar-refractivity contribution >= 4 is 55.5 Å². The molecule has 3 heterocycles. The van der Waals surface area contributed by atoms with Crippen LogP contribution in [0.1, 0.15) is 0 Å². The Labute approximate surface area is 227 Å². The van der Waals surface area contributed by atoms with Crippen LogP contribution in [0.5, 0.6) is 0 Å². The van der Waals surface area contributed by atoms with Crippen molar-refractivity contribution in [2.45, 2.75) is 0 Å². The Bertz CT molecular complexity index is 2200. The van der Waals surface area contributed by atoms with E-state index in [-0.39, 0.29) is 5.28 Å². The van der Waals surface area contributed by atoms with Gasteiger partial charge >= 0.3 is 0 Å². The minimum Gasteiger partial charge on any atom is -0.456 e. The number of rotatable bonds is 3. The summed E-state index contributed by atoms with van der Waals surface area (Å²) < 4.78 is 12.3. The smallest absolute Gasteiger partial charge is 0.226 e. The van der Waals surface area contributed by atoms with E-state index in [9.17, 15) is 0 Å².